The predicted molar refractivity (Wildman–Crippen MR) is 68.7 cm³/mol. The van der Waals surface area contributed by atoms with Crippen LogP contribution in [0.4, 0.5) is 4.79 Å². The Morgan fingerprint density at radius 1 is 1.21 bits per heavy atom. The first-order valence-electron chi connectivity index (χ1n) is 6.04. The Labute approximate surface area is 112 Å². The summed E-state index contributed by atoms with van der Waals surface area (Å²) in [5.41, 5.74) is -0.577. The number of amides is 2. The van der Waals surface area contributed by atoms with Crippen molar-refractivity contribution in [2.24, 2.45) is 0 Å². The maximum atomic E-state index is 11.6. The fourth-order valence-electron chi connectivity index (χ4n) is 1.16. The summed E-state index contributed by atoms with van der Waals surface area (Å²) < 4.78 is 5.01. The summed E-state index contributed by atoms with van der Waals surface area (Å²) in [6.07, 6.45) is -0.564. The number of carboxylic acid groups (broad SMARTS) is 1. The molecule has 2 N–H and O–H groups in total. The minimum absolute atomic E-state index is 0.0955. The molecule has 0 saturated heterocycles. The fourth-order valence-corrected chi connectivity index (χ4v) is 1.16. The van der Waals surface area contributed by atoms with E-state index in [0.29, 0.717) is 0 Å². The van der Waals surface area contributed by atoms with Gasteiger partial charge in [0.2, 0.25) is 5.91 Å². The predicted octanol–water partition coefficient (Wildman–Crippen LogP) is 0.834. The van der Waals surface area contributed by atoms with Gasteiger partial charge in [0, 0.05) is 26.6 Å². The van der Waals surface area contributed by atoms with Crippen LogP contribution in [0.25, 0.3) is 0 Å². The van der Waals surface area contributed by atoms with E-state index in [9.17, 15) is 14.4 Å². The van der Waals surface area contributed by atoms with Crippen molar-refractivity contribution >= 4 is 18.0 Å². The van der Waals surface area contributed by atoms with Crippen LogP contribution < -0.4 is 5.32 Å². The molecule has 0 radical (unpaired) electrons. The topological polar surface area (TPSA) is 95.9 Å². The molecule has 0 fully saturated rings. The number of carbonyl (C=O) groups excluding carboxylic acids is 2. The number of hydrogen-bond acceptors (Lipinski definition) is 4. The molecule has 0 bridgehead atoms. The van der Waals surface area contributed by atoms with E-state index in [4.69, 9.17) is 9.84 Å². The second kappa shape index (κ2) is 7.60. The molecule has 0 atom stereocenters. The number of hydrogen-bond donors (Lipinski definition) is 2. The van der Waals surface area contributed by atoms with Gasteiger partial charge in [-0.15, -0.1) is 0 Å². The highest BCUT2D eigenvalue weighted by Crippen LogP contribution is 2.06. The molecule has 0 unspecified atom stereocenters. The third kappa shape index (κ3) is 9.87. The van der Waals surface area contributed by atoms with Gasteiger partial charge in [0.15, 0.2) is 0 Å². The summed E-state index contributed by atoms with van der Waals surface area (Å²) in [6.45, 7) is 5.55. The molecule has 110 valence electrons. The van der Waals surface area contributed by atoms with Gasteiger partial charge >= 0.3 is 12.1 Å². The Morgan fingerprint density at radius 3 is 2.26 bits per heavy atom. The van der Waals surface area contributed by atoms with E-state index in [1.54, 1.807) is 20.8 Å². The zero-order valence-corrected chi connectivity index (χ0v) is 11.9. The van der Waals surface area contributed by atoms with Gasteiger partial charge < -0.3 is 20.1 Å². The van der Waals surface area contributed by atoms with Crippen molar-refractivity contribution in [2.75, 3.05) is 20.1 Å². The van der Waals surface area contributed by atoms with E-state index < -0.39 is 17.7 Å². The molecule has 0 aliphatic rings. The van der Waals surface area contributed by atoms with Gasteiger partial charge in [-0.2, -0.15) is 0 Å². The lowest BCUT2D eigenvalue weighted by atomic mass is 10.2. The highest BCUT2D eigenvalue weighted by Gasteiger charge is 2.16. The third-order valence-corrected chi connectivity index (χ3v) is 2.09. The first-order valence-corrected chi connectivity index (χ1v) is 6.04. The number of carbonyl (C=O) groups is 3. The van der Waals surface area contributed by atoms with E-state index in [1.165, 1.54) is 11.9 Å². The van der Waals surface area contributed by atoms with Gasteiger partial charge in [0.25, 0.3) is 0 Å². The van der Waals surface area contributed by atoms with Gasteiger partial charge in [-0.05, 0) is 20.8 Å². The average Bonchev–Trinajstić information content (AvgIpc) is 2.22. The van der Waals surface area contributed by atoms with Gasteiger partial charge in [-0.1, -0.05) is 0 Å². The normalized spacial score (nSPS) is 10.7. The third-order valence-electron chi connectivity index (χ3n) is 2.09. The Morgan fingerprint density at radius 2 is 1.79 bits per heavy atom. The summed E-state index contributed by atoms with van der Waals surface area (Å²) >= 11 is 0. The van der Waals surface area contributed by atoms with Crippen molar-refractivity contribution < 1.29 is 24.2 Å². The lowest BCUT2D eigenvalue weighted by Gasteiger charge is -2.20. The lowest BCUT2D eigenvalue weighted by Crippen LogP contribution is -2.36. The van der Waals surface area contributed by atoms with E-state index >= 15 is 0 Å². The van der Waals surface area contributed by atoms with Crippen molar-refractivity contribution in [1.82, 2.24) is 10.2 Å². The van der Waals surface area contributed by atoms with Gasteiger partial charge in [-0.25, -0.2) is 4.79 Å². The largest absolute Gasteiger partial charge is 0.481 e. The lowest BCUT2D eigenvalue weighted by molar-refractivity contribution is -0.138. The van der Waals surface area contributed by atoms with Crippen LogP contribution in [0.2, 0.25) is 0 Å². The van der Waals surface area contributed by atoms with Crippen LogP contribution in [-0.2, 0) is 14.3 Å². The minimum atomic E-state index is -0.952. The van der Waals surface area contributed by atoms with Crippen LogP contribution in [0, 0.1) is 0 Å². The standard InChI is InChI=1S/C12H22N2O5/c1-12(2,3)19-11(18)13-7-5-9(15)14(4)8-6-10(16)17/h5-8H2,1-4H3,(H,13,18)(H,16,17). The first kappa shape index (κ1) is 17.2. The second-order valence-corrected chi connectivity index (χ2v) is 5.14. The molecule has 0 heterocycles. The number of rotatable bonds is 6. The van der Waals surface area contributed by atoms with Crippen LogP contribution in [0.15, 0.2) is 0 Å². The summed E-state index contributed by atoms with van der Waals surface area (Å²) in [4.78, 5) is 34.5. The minimum Gasteiger partial charge on any atom is -0.481 e. The van der Waals surface area contributed by atoms with E-state index in [2.05, 4.69) is 5.32 Å². The Balaban J connectivity index is 3.85. The van der Waals surface area contributed by atoms with Crippen molar-refractivity contribution in [1.29, 1.82) is 0 Å². The van der Waals surface area contributed by atoms with Crippen LogP contribution in [0.3, 0.4) is 0 Å². The van der Waals surface area contributed by atoms with Crippen molar-refractivity contribution in [2.45, 2.75) is 39.2 Å². The fraction of sp³-hybridized carbons (Fsp3) is 0.750. The number of alkyl carbamates (subject to hydrolysis) is 1. The van der Waals surface area contributed by atoms with Crippen LogP contribution in [-0.4, -0.2) is 53.7 Å². The number of nitrogens with one attached hydrogen (secondary N) is 1. The smallest absolute Gasteiger partial charge is 0.407 e. The molecule has 0 saturated carbocycles. The molecule has 7 nitrogen and oxygen atoms in total. The molecule has 0 aromatic rings. The Bertz CT molecular complexity index is 336. The molecule has 0 rings (SSSR count). The molecule has 7 heteroatoms. The second-order valence-electron chi connectivity index (χ2n) is 5.14. The number of nitrogens with zero attached hydrogens (tertiary/aromatic N) is 1. The Kier molecular flexibility index (Phi) is 6.89. The molecular weight excluding hydrogens is 252 g/mol. The zero-order chi connectivity index (χ0) is 15.1. The molecule has 0 aliphatic heterocycles. The van der Waals surface area contributed by atoms with E-state index in [-0.39, 0.29) is 31.8 Å². The number of carboxylic acids is 1. The molecule has 2 amide bonds. The monoisotopic (exact) mass is 274 g/mol. The van der Waals surface area contributed by atoms with Crippen LogP contribution in [0.1, 0.15) is 33.6 Å². The highest BCUT2D eigenvalue weighted by molar-refractivity contribution is 5.77. The molecular formula is C12H22N2O5. The summed E-state index contributed by atoms with van der Waals surface area (Å²) in [5, 5.41) is 11.0. The quantitative estimate of drug-likeness (QED) is 0.748. The SMILES string of the molecule is CN(CCC(=O)O)C(=O)CCNC(=O)OC(C)(C)C. The van der Waals surface area contributed by atoms with Gasteiger partial charge in [0.05, 0.1) is 6.42 Å². The van der Waals surface area contributed by atoms with Crippen LogP contribution >= 0.6 is 0 Å². The molecule has 0 aromatic heterocycles. The zero-order valence-electron chi connectivity index (χ0n) is 11.9. The first-order chi connectivity index (χ1) is 8.61. The summed E-state index contributed by atoms with van der Waals surface area (Å²) in [7, 11) is 1.53. The van der Waals surface area contributed by atoms with Gasteiger partial charge in [0.1, 0.15) is 5.60 Å². The van der Waals surface area contributed by atoms with Crippen molar-refractivity contribution in [3.05, 3.63) is 0 Å². The van der Waals surface area contributed by atoms with E-state index in [0.717, 1.165) is 0 Å². The van der Waals surface area contributed by atoms with Crippen molar-refractivity contribution in [3.63, 3.8) is 0 Å². The Hall–Kier alpha value is -1.79. The van der Waals surface area contributed by atoms with E-state index in [1.807, 2.05) is 0 Å². The maximum Gasteiger partial charge on any atom is 0.407 e. The van der Waals surface area contributed by atoms with Crippen LogP contribution in [0.5, 0.6) is 0 Å². The highest BCUT2D eigenvalue weighted by atomic mass is 16.6. The number of aliphatic carboxylic acids is 1. The molecule has 0 spiro atoms. The summed E-state index contributed by atoms with van der Waals surface area (Å²) in [5.74, 6) is -1.18. The number of ether oxygens (including phenoxy) is 1. The maximum absolute atomic E-state index is 11.6. The molecule has 0 aliphatic carbocycles. The molecule has 19 heavy (non-hydrogen) atoms. The summed E-state index contributed by atoms with van der Waals surface area (Å²) in [6, 6.07) is 0. The van der Waals surface area contributed by atoms with Gasteiger partial charge in [-0.3, -0.25) is 9.59 Å². The molecule has 0 aromatic carbocycles. The average molecular weight is 274 g/mol. The van der Waals surface area contributed by atoms with Crippen molar-refractivity contribution in [3.8, 4) is 0 Å².